The van der Waals surface area contributed by atoms with Crippen LogP contribution in [0.3, 0.4) is 0 Å². The molecular weight excluding hydrogens is 394 g/mol. The summed E-state index contributed by atoms with van der Waals surface area (Å²) >= 11 is 0. The summed E-state index contributed by atoms with van der Waals surface area (Å²) in [6, 6.07) is 12.7. The van der Waals surface area contributed by atoms with Crippen molar-refractivity contribution in [3.05, 3.63) is 53.9 Å². The van der Waals surface area contributed by atoms with Gasteiger partial charge in [-0.2, -0.15) is 0 Å². The van der Waals surface area contributed by atoms with Gasteiger partial charge in [0, 0.05) is 31.6 Å². The number of carbonyl (C=O) groups excluding carboxylic acids is 1. The van der Waals surface area contributed by atoms with Crippen LogP contribution < -0.4 is 10.1 Å². The van der Waals surface area contributed by atoms with E-state index in [2.05, 4.69) is 44.8 Å². The molecule has 1 aromatic heterocycles. The van der Waals surface area contributed by atoms with Crippen LogP contribution in [-0.2, 0) is 6.54 Å². The Morgan fingerprint density at radius 3 is 2.90 bits per heavy atom. The van der Waals surface area contributed by atoms with E-state index < -0.39 is 0 Å². The molecule has 0 spiro atoms. The quantitative estimate of drug-likeness (QED) is 0.541. The molecule has 0 bridgehead atoms. The van der Waals surface area contributed by atoms with Gasteiger partial charge < -0.3 is 15.2 Å². The SMILES string of the molecule is COc1ccc(CN2CCCC(n3cc(C(=O)NCCCO)nn3)C2)c2ccccc12. The molecule has 1 aliphatic rings. The molecule has 1 aliphatic heterocycles. The minimum atomic E-state index is -0.253. The summed E-state index contributed by atoms with van der Waals surface area (Å²) in [7, 11) is 1.70. The van der Waals surface area contributed by atoms with Crippen molar-refractivity contribution < 1.29 is 14.6 Å². The van der Waals surface area contributed by atoms with Gasteiger partial charge in [0.25, 0.3) is 5.91 Å². The highest BCUT2D eigenvalue weighted by molar-refractivity contribution is 5.92. The topological polar surface area (TPSA) is 92.5 Å². The summed E-state index contributed by atoms with van der Waals surface area (Å²) in [6.45, 7) is 3.21. The van der Waals surface area contributed by atoms with E-state index in [0.29, 0.717) is 18.7 Å². The molecule has 1 amide bonds. The summed E-state index contributed by atoms with van der Waals surface area (Å²) in [5.74, 6) is 0.639. The second-order valence-corrected chi connectivity index (χ2v) is 7.92. The van der Waals surface area contributed by atoms with Crippen molar-refractivity contribution >= 4 is 16.7 Å². The molecule has 8 nitrogen and oxygen atoms in total. The third-order valence-electron chi connectivity index (χ3n) is 5.81. The smallest absolute Gasteiger partial charge is 0.273 e. The third-order valence-corrected chi connectivity index (χ3v) is 5.81. The number of amides is 1. The fraction of sp³-hybridized carbons (Fsp3) is 0.435. The monoisotopic (exact) mass is 423 g/mol. The van der Waals surface area contributed by atoms with Crippen molar-refractivity contribution in [2.24, 2.45) is 0 Å². The Morgan fingerprint density at radius 1 is 1.26 bits per heavy atom. The molecule has 1 fully saturated rings. The van der Waals surface area contributed by atoms with Gasteiger partial charge in [0.2, 0.25) is 0 Å². The second-order valence-electron chi connectivity index (χ2n) is 7.92. The lowest BCUT2D eigenvalue weighted by molar-refractivity contribution is 0.0946. The number of aliphatic hydroxyl groups is 1. The van der Waals surface area contributed by atoms with Crippen molar-refractivity contribution in [2.75, 3.05) is 33.4 Å². The van der Waals surface area contributed by atoms with Crippen LogP contribution in [0.5, 0.6) is 5.75 Å². The van der Waals surface area contributed by atoms with Crippen LogP contribution in [0.25, 0.3) is 10.8 Å². The zero-order valence-corrected chi connectivity index (χ0v) is 17.8. The van der Waals surface area contributed by atoms with Crippen LogP contribution in [0.2, 0.25) is 0 Å². The van der Waals surface area contributed by atoms with Crippen LogP contribution in [0.15, 0.2) is 42.6 Å². The summed E-state index contributed by atoms with van der Waals surface area (Å²) in [4.78, 5) is 14.6. The molecule has 0 saturated carbocycles. The molecule has 1 saturated heterocycles. The van der Waals surface area contributed by atoms with Gasteiger partial charge >= 0.3 is 0 Å². The van der Waals surface area contributed by atoms with E-state index in [-0.39, 0.29) is 18.6 Å². The molecule has 1 unspecified atom stereocenters. The molecule has 8 heteroatoms. The lowest BCUT2D eigenvalue weighted by atomic mass is 10.0. The Bertz CT molecular complexity index is 1030. The van der Waals surface area contributed by atoms with Crippen molar-refractivity contribution in [3.8, 4) is 5.75 Å². The number of fused-ring (bicyclic) bond motifs is 1. The predicted octanol–water partition coefficient (Wildman–Crippen LogP) is 2.39. The van der Waals surface area contributed by atoms with Crippen LogP contribution in [0.1, 0.15) is 41.4 Å². The fourth-order valence-corrected chi connectivity index (χ4v) is 4.21. The first-order valence-electron chi connectivity index (χ1n) is 10.8. The molecule has 2 heterocycles. The predicted molar refractivity (Wildman–Crippen MR) is 118 cm³/mol. The maximum absolute atomic E-state index is 12.2. The highest BCUT2D eigenvalue weighted by Crippen LogP contribution is 2.30. The lowest BCUT2D eigenvalue weighted by Gasteiger charge is -2.32. The first kappa shape index (κ1) is 21.3. The van der Waals surface area contributed by atoms with E-state index in [4.69, 9.17) is 9.84 Å². The van der Waals surface area contributed by atoms with Crippen molar-refractivity contribution in [3.63, 3.8) is 0 Å². The average Bonchev–Trinajstić information content (AvgIpc) is 3.30. The maximum atomic E-state index is 12.2. The Morgan fingerprint density at radius 2 is 2.10 bits per heavy atom. The minimum absolute atomic E-state index is 0.0500. The maximum Gasteiger partial charge on any atom is 0.273 e. The normalized spacial score (nSPS) is 17.0. The number of likely N-dealkylation sites (tertiary alicyclic amines) is 1. The Kier molecular flexibility index (Phi) is 6.79. The Balaban J connectivity index is 1.44. The van der Waals surface area contributed by atoms with Gasteiger partial charge in [-0.05, 0) is 42.8 Å². The van der Waals surface area contributed by atoms with Crippen LogP contribution in [0, 0.1) is 0 Å². The first-order chi connectivity index (χ1) is 15.2. The molecule has 2 aromatic carbocycles. The minimum Gasteiger partial charge on any atom is -0.496 e. The number of rotatable bonds is 8. The molecule has 4 rings (SSSR count). The van der Waals surface area contributed by atoms with E-state index in [1.807, 2.05) is 16.8 Å². The van der Waals surface area contributed by atoms with Gasteiger partial charge in [-0.15, -0.1) is 5.10 Å². The number of methoxy groups -OCH3 is 1. The Hall–Kier alpha value is -2.97. The molecule has 0 radical (unpaired) electrons. The number of hydrogen-bond donors (Lipinski definition) is 2. The molecule has 3 aromatic rings. The first-order valence-corrected chi connectivity index (χ1v) is 10.8. The Labute approximate surface area is 181 Å². The van der Waals surface area contributed by atoms with Gasteiger partial charge in [0.1, 0.15) is 5.75 Å². The fourth-order valence-electron chi connectivity index (χ4n) is 4.21. The van der Waals surface area contributed by atoms with E-state index in [9.17, 15) is 4.79 Å². The highest BCUT2D eigenvalue weighted by Gasteiger charge is 2.24. The van der Waals surface area contributed by atoms with Crippen LogP contribution in [-0.4, -0.2) is 64.3 Å². The van der Waals surface area contributed by atoms with E-state index in [0.717, 1.165) is 43.6 Å². The van der Waals surface area contributed by atoms with Gasteiger partial charge in [0.05, 0.1) is 19.3 Å². The number of nitrogens with one attached hydrogen (secondary N) is 1. The number of hydrogen-bond acceptors (Lipinski definition) is 6. The highest BCUT2D eigenvalue weighted by atomic mass is 16.5. The summed E-state index contributed by atoms with van der Waals surface area (Å²) in [6.07, 6.45) is 4.33. The summed E-state index contributed by atoms with van der Waals surface area (Å²) < 4.78 is 7.34. The van der Waals surface area contributed by atoms with E-state index >= 15 is 0 Å². The van der Waals surface area contributed by atoms with Crippen molar-refractivity contribution in [1.29, 1.82) is 0 Å². The molecule has 164 valence electrons. The number of aromatic nitrogens is 3. The van der Waals surface area contributed by atoms with Crippen LogP contribution >= 0.6 is 0 Å². The van der Waals surface area contributed by atoms with E-state index in [1.165, 1.54) is 10.9 Å². The van der Waals surface area contributed by atoms with Gasteiger partial charge in [-0.25, -0.2) is 4.68 Å². The van der Waals surface area contributed by atoms with Crippen molar-refractivity contribution in [1.82, 2.24) is 25.2 Å². The van der Waals surface area contributed by atoms with Gasteiger partial charge in [-0.3, -0.25) is 9.69 Å². The summed E-state index contributed by atoms with van der Waals surface area (Å²) in [5.41, 5.74) is 1.59. The van der Waals surface area contributed by atoms with Gasteiger partial charge in [-0.1, -0.05) is 35.5 Å². The number of carbonyl (C=O) groups is 1. The molecule has 2 N–H and O–H groups in total. The zero-order valence-electron chi connectivity index (χ0n) is 17.8. The van der Waals surface area contributed by atoms with Crippen LogP contribution in [0.4, 0.5) is 0 Å². The number of aliphatic hydroxyl groups excluding tert-OH is 1. The average molecular weight is 424 g/mol. The number of piperidine rings is 1. The molecule has 0 aliphatic carbocycles. The standard InChI is InChI=1S/C23H29N5O3/c1-31-22-10-9-17(19-7-2-3-8-20(19)22)14-27-12-4-6-18(15-27)28-16-21(25-26-28)23(30)24-11-5-13-29/h2-3,7-10,16,18,29H,4-6,11-15H2,1H3,(H,24,30). The van der Waals surface area contributed by atoms with Gasteiger partial charge in [0.15, 0.2) is 5.69 Å². The second kappa shape index (κ2) is 9.89. The van der Waals surface area contributed by atoms with E-state index in [1.54, 1.807) is 13.3 Å². The zero-order chi connectivity index (χ0) is 21.6. The molecule has 31 heavy (non-hydrogen) atoms. The summed E-state index contributed by atoms with van der Waals surface area (Å²) in [5, 5.41) is 22.2. The number of nitrogens with zero attached hydrogens (tertiary/aromatic N) is 4. The van der Waals surface area contributed by atoms with Crippen molar-refractivity contribution in [2.45, 2.75) is 31.8 Å². The number of benzene rings is 2. The molecular formula is C23H29N5O3. The lowest BCUT2D eigenvalue weighted by Crippen LogP contribution is -2.36. The third kappa shape index (κ3) is 4.86. The number of ether oxygens (including phenoxy) is 1. The largest absolute Gasteiger partial charge is 0.496 e. The molecule has 1 atom stereocenters.